The van der Waals surface area contributed by atoms with Gasteiger partial charge in [0.05, 0.1) is 6.61 Å². The Morgan fingerprint density at radius 2 is 1.81 bits per heavy atom. The molecule has 4 bridgehead atoms. The van der Waals surface area contributed by atoms with Crippen LogP contribution in [0.15, 0.2) is 4.42 Å². The van der Waals surface area contributed by atoms with Crippen LogP contribution in [-0.2, 0) is 11.2 Å². The average molecular weight is 290 g/mol. The molecule has 0 aromatic carbocycles. The van der Waals surface area contributed by atoms with Gasteiger partial charge in [-0.2, -0.15) is 0 Å². The summed E-state index contributed by atoms with van der Waals surface area (Å²) in [6.45, 7) is 2.09. The molecular formula is C16H22N2O3. The first-order valence-electron chi connectivity index (χ1n) is 8.15. The zero-order valence-electron chi connectivity index (χ0n) is 12.5. The number of ether oxygens (including phenoxy) is 1. The molecule has 0 unspecified atom stereocenters. The summed E-state index contributed by atoms with van der Waals surface area (Å²) >= 11 is 0. The van der Waals surface area contributed by atoms with E-state index >= 15 is 0 Å². The summed E-state index contributed by atoms with van der Waals surface area (Å²) in [5.74, 6) is 2.81. The highest BCUT2D eigenvalue weighted by molar-refractivity contribution is 5.83. The SMILES string of the molecule is CCOC(=O)c1nnc(CC23CC4CC(CC(C4)C2)C3)o1. The highest BCUT2D eigenvalue weighted by atomic mass is 16.5. The van der Waals surface area contributed by atoms with Crippen LogP contribution in [-0.4, -0.2) is 22.8 Å². The maximum Gasteiger partial charge on any atom is 0.396 e. The summed E-state index contributed by atoms with van der Waals surface area (Å²) < 4.78 is 10.4. The van der Waals surface area contributed by atoms with Gasteiger partial charge in [-0.1, -0.05) is 0 Å². The fourth-order valence-corrected chi connectivity index (χ4v) is 5.43. The summed E-state index contributed by atoms with van der Waals surface area (Å²) in [5.41, 5.74) is 0.354. The van der Waals surface area contributed by atoms with Gasteiger partial charge in [0.1, 0.15) is 0 Å². The van der Waals surface area contributed by atoms with Crippen molar-refractivity contribution in [2.75, 3.05) is 6.61 Å². The molecule has 0 aliphatic heterocycles. The first-order valence-corrected chi connectivity index (χ1v) is 8.15. The maximum absolute atomic E-state index is 11.6. The maximum atomic E-state index is 11.6. The van der Waals surface area contributed by atoms with E-state index in [1.54, 1.807) is 6.92 Å². The van der Waals surface area contributed by atoms with E-state index < -0.39 is 5.97 Å². The number of nitrogens with zero attached hydrogens (tertiary/aromatic N) is 2. The third-order valence-corrected chi connectivity index (χ3v) is 5.61. The quantitative estimate of drug-likeness (QED) is 0.797. The van der Waals surface area contributed by atoms with E-state index in [0.29, 0.717) is 17.9 Å². The van der Waals surface area contributed by atoms with Crippen molar-refractivity contribution in [3.63, 3.8) is 0 Å². The molecule has 1 aromatic heterocycles. The minimum absolute atomic E-state index is 0.00317. The van der Waals surface area contributed by atoms with Crippen LogP contribution in [0.1, 0.15) is 62.0 Å². The molecule has 4 fully saturated rings. The Kier molecular flexibility index (Phi) is 3.05. The van der Waals surface area contributed by atoms with Crippen molar-refractivity contribution in [3.8, 4) is 0 Å². The Morgan fingerprint density at radius 1 is 1.19 bits per heavy atom. The zero-order valence-corrected chi connectivity index (χ0v) is 12.5. The normalized spacial score (nSPS) is 36.9. The van der Waals surface area contributed by atoms with Crippen molar-refractivity contribution >= 4 is 5.97 Å². The molecule has 0 spiro atoms. The summed E-state index contributed by atoms with van der Waals surface area (Å²) in [5, 5.41) is 7.92. The average Bonchev–Trinajstić information content (AvgIpc) is 2.85. The van der Waals surface area contributed by atoms with Crippen molar-refractivity contribution in [2.45, 2.75) is 51.9 Å². The Bertz CT molecular complexity index is 516. The molecule has 5 rings (SSSR count). The van der Waals surface area contributed by atoms with Gasteiger partial charge in [-0.3, -0.25) is 0 Å². The highest BCUT2D eigenvalue weighted by Crippen LogP contribution is 2.60. The lowest BCUT2D eigenvalue weighted by molar-refractivity contribution is -0.0552. The fraction of sp³-hybridized carbons (Fsp3) is 0.812. The zero-order chi connectivity index (χ0) is 14.4. The lowest BCUT2D eigenvalue weighted by atomic mass is 9.49. The van der Waals surface area contributed by atoms with Gasteiger partial charge in [0.15, 0.2) is 0 Å². The fourth-order valence-electron chi connectivity index (χ4n) is 5.43. The standard InChI is InChI=1S/C16H22N2O3/c1-2-20-15(19)14-18-17-13(21-14)9-16-6-10-3-11(7-16)5-12(4-10)8-16/h10-12H,2-9H2,1H3. The van der Waals surface area contributed by atoms with Crippen LogP contribution in [0, 0.1) is 23.2 Å². The molecule has 21 heavy (non-hydrogen) atoms. The highest BCUT2D eigenvalue weighted by Gasteiger charge is 2.51. The number of carbonyl (C=O) groups excluding carboxylic acids is 1. The molecule has 4 aliphatic rings. The van der Waals surface area contributed by atoms with Crippen molar-refractivity contribution in [1.82, 2.24) is 10.2 Å². The monoisotopic (exact) mass is 290 g/mol. The van der Waals surface area contributed by atoms with E-state index in [4.69, 9.17) is 9.15 Å². The first-order chi connectivity index (χ1) is 10.2. The van der Waals surface area contributed by atoms with Crippen LogP contribution >= 0.6 is 0 Å². The summed E-state index contributed by atoms with van der Waals surface area (Å²) in [4.78, 5) is 11.6. The summed E-state index contributed by atoms with van der Waals surface area (Å²) in [6.07, 6.45) is 9.02. The predicted octanol–water partition coefficient (Wildman–Crippen LogP) is 3.01. The molecule has 0 atom stereocenters. The van der Waals surface area contributed by atoms with Crippen LogP contribution in [0.5, 0.6) is 0 Å². The molecule has 0 amide bonds. The van der Waals surface area contributed by atoms with Crippen molar-refractivity contribution in [2.24, 2.45) is 23.2 Å². The second-order valence-electron chi connectivity index (χ2n) is 7.32. The van der Waals surface area contributed by atoms with E-state index in [-0.39, 0.29) is 5.89 Å². The Balaban J connectivity index is 1.50. The predicted molar refractivity (Wildman–Crippen MR) is 74.6 cm³/mol. The molecule has 0 saturated heterocycles. The van der Waals surface area contributed by atoms with E-state index in [0.717, 1.165) is 24.2 Å². The van der Waals surface area contributed by atoms with E-state index in [9.17, 15) is 4.79 Å². The Morgan fingerprint density at radius 3 is 2.38 bits per heavy atom. The van der Waals surface area contributed by atoms with Gasteiger partial charge in [0, 0.05) is 6.42 Å². The van der Waals surface area contributed by atoms with Crippen molar-refractivity contribution < 1.29 is 13.9 Å². The first kappa shape index (κ1) is 13.3. The van der Waals surface area contributed by atoms with Gasteiger partial charge in [0.25, 0.3) is 0 Å². The van der Waals surface area contributed by atoms with E-state index in [2.05, 4.69) is 10.2 Å². The molecule has 4 saturated carbocycles. The van der Waals surface area contributed by atoms with Crippen molar-refractivity contribution in [1.29, 1.82) is 0 Å². The Hall–Kier alpha value is -1.39. The summed E-state index contributed by atoms with van der Waals surface area (Å²) in [7, 11) is 0. The van der Waals surface area contributed by atoms with E-state index in [1.807, 2.05) is 0 Å². The third kappa shape index (κ3) is 2.36. The topological polar surface area (TPSA) is 65.2 Å². The number of rotatable bonds is 4. The van der Waals surface area contributed by atoms with Gasteiger partial charge in [-0.15, -0.1) is 10.2 Å². The second kappa shape index (κ2) is 4.82. The lowest BCUT2D eigenvalue weighted by Gasteiger charge is -2.56. The molecule has 114 valence electrons. The van der Waals surface area contributed by atoms with Crippen LogP contribution in [0.2, 0.25) is 0 Å². The molecule has 0 N–H and O–H groups in total. The van der Waals surface area contributed by atoms with Gasteiger partial charge in [-0.25, -0.2) is 4.79 Å². The summed E-state index contributed by atoms with van der Waals surface area (Å²) in [6, 6.07) is 0. The van der Waals surface area contributed by atoms with Gasteiger partial charge in [-0.05, 0) is 68.6 Å². The smallest absolute Gasteiger partial charge is 0.396 e. The lowest BCUT2D eigenvalue weighted by Crippen LogP contribution is -2.47. The second-order valence-corrected chi connectivity index (χ2v) is 7.32. The number of aromatic nitrogens is 2. The number of hydrogen-bond donors (Lipinski definition) is 0. The molecule has 1 heterocycles. The third-order valence-electron chi connectivity index (χ3n) is 5.61. The number of hydrogen-bond acceptors (Lipinski definition) is 5. The van der Waals surface area contributed by atoms with Crippen molar-refractivity contribution in [3.05, 3.63) is 11.8 Å². The van der Waals surface area contributed by atoms with Gasteiger partial charge >= 0.3 is 11.9 Å². The largest absolute Gasteiger partial charge is 0.459 e. The van der Waals surface area contributed by atoms with Gasteiger partial charge < -0.3 is 9.15 Å². The molecule has 5 nitrogen and oxygen atoms in total. The molecule has 1 aromatic rings. The number of esters is 1. The van der Waals surface area contributed by atoms with Crippen LogP contribution in [0.3, 0.4) is 0 Å². The molecular weight excluding hydrogens is 268 g/mol. The Labute approximate surface area is 124 Å². The van der Waals surface area contributed by atoms with Gasteiger partial charge in [0.2, 0.25) is 5.89 Å². The van der Waals surface area contributed by atoms with Crippen LogP contribution in [0.25, 0.3) is 0 Å². The minimum Gasteiger partial charge on any atom is -0.459 e. The molecule has 5 heteroatoms. The van der Waals surface area contributed by atoms with E-state index in [1.165, 1.54) is 38.5 Å². The molecule has 0 radical (unpaired) electrons. The number of carbonyl (C=O) groups is 1. The molecule has 4 aliphatic carbocycles. The minimum atomic E-state index is -0.512. The van der Waals surface area contributed by atoms with Crippen LogP contribution in [0.4, 0.5) is 0 Å². The van der Waals surface area contributed by atoms with Crippen LogP contribution < -0.4 is 0 Å².